The number of pyridine rings is 1. The Hall–Kier alpha value is -0.120. The van der Waals surface area contributed by atoms with Crippen molar-refractivity contribution in [1.29, 1.82) is 0 Å². The van der Waals surface area contributed by atoms with Crippen molar-refractivity contribution in [3.8, 4) is 0 Å². The van der Waals surface area contributed by atoms with Gasteiger partial charge < -0.3 is 4.72 Å². The molecule has 0 radical (unpaired) electrons. The Morgan fingerprint density at radius 1 is 1.40 bits per heavy atom. The standard InChI is InChI=1S/C5H4Cl2N2S/c6-3-1-5(9-10)8-2-4(3)7/h1-2,10H,(H,8,9). The minimum atomic E-state index is 0.439. The highest BCUT2D eigenvalue weighted by Gasteiger charge is 1.97. The van der Waals surface area contributed by atoms with E-state index in [1.807, 2.05) is 0 Å². The van der Waals surface area contributed by atoms with E-state index in [1.165, 1.54) is 6.20 Å². The molecule has 5 heteroatoms. The molecule has 0 aromatic carbocycles. The highest BCUT2D eigenvalue weighted by atomic mass is 35.5. The minimum Gasteiger partial charge on any atom is -0.317 e. The third-order valence-corrected chi connectivity index (χ3v) is 1.86. The number of halogens is 2. The predicted molar refractivity (Wildman–Crippen MR) is 46.9 cm³/mol. The van der Waals surface area contributed by atoms with Gasteiger partial charge >= 0.3 is 0 Å². The lowest BCUT2D eigenvalue weighted by Crippen LogP contribution is -1.84. The molecule has 0 spiro atoms. The largest absolute Gasteiger partial charge is 0.317 e. The van der Waals surface area contributed by atoms with Crippen LogP contribution in [0.3, 0.4) is 0 Å². The molecular formula is C5H4Cl2N2S. The van der Waals surface area contributed by atoms with E-state index in [1.54, 1.807) is 6.07 Å². The summed E-state index contributed by atoms with van der Waals surface area (Å²) in [7, 11) is 0. The van der Waals surface area contributed by atoms with Crippen LogP contribution in [-0.4, -0.2) is 4.98 Å². The van der Waals surface area contributed by atoms with E-state index in [4.69, 9.17) is 23.2 Å². The summed E-state index contributed by atoms with van der Waals surface area (Å²) in [6, 6.07) is 1.59. The first-order valence-electron chi connectivity index (χ1n) is 2.45. The number of aromatic nitrogens is 1. The maximum Gasteiger partial charge on any atom is 0.137 e. The number of nitrogens with zero attached hydrogens (tertiary/aromatic N) is 1. The Balaban J connectivity index is 3.04. The van der Waals surface area contributed by atoms with Crippen LogP contribution >= 0.6 is 36.0 Å². The summed E-state index contributed by atoms with van der Waals surface area (Å²) >= 11 is 15.0. The zero-order valence-corrected chi connectivity index (χ0v) is 7.21. The highest BCUT2D eigenvalue weighted by molar-refractivity contribution is 7.81. The second kappa shape index (κ2) is 3.32. The molecule has 0 atom stereocenters. The van der Waals surface area contributed by atoms with Crippen LogP contribution in [0.15, 0.2) is 12.3 Å². The van der Waals surface area contributed by atoms with Crippen molar-refractivity contribution < 1.29 is 0 Å². The second-order valence-electron chi connectivity index (χ2n) is 1.60. The average Bonchev–Trinajstić information content (AvgIpc) is 1.95. The van der Waals surface area contributed by atoms with Gasteiger partial charge in [0, 0.05) is 12.3 Å². The lowest BCUT2D eigenvalue weighted by molar-refractivity contribution is 1.34. The molecule has 0 unspecified atom stereocenters. The van der Waals surface area contributed by atoms with Crippen molar-refractivity contribution in [2.75, 3.05) is 4.72 Å². The van der Waals surface area contributed by atoms with Gasteiger partial charge in [-0.2, -0.15) is 0 Å². The van der Waals surface area contributed by atoms with Gasteiger partial charge in [0.2, 0.25) is 0 Å². The molecular weight excluding hydrogens is 191 g/mol. The molecule has 1 heterocycles. The van der Waals surface area contributed by atoms with Crippen LogP contribution in [0.4, 0.5) is 5.82 Å². The fourth-order valence-electron chi connectivity index (χ4n) is 0.475. The molecule has 1 rings (SSSR count). The zero-order chi connectivity index (χ0) is 7.56. The SMILES string of the molecule is SNc1cc(Cl)c(Cl)cn1. The first kappa shape index (κ1) is 7.98. The van der Waals surface area contributed by atoms with Crippen molar-refractivity contribution in [2.24, 2.45) is 0 Å². The molecule has 0 saturated carbocycles. The van der Waals surface area contributed by atoms with Crippen LogP contribution in [-0.2, 0) is 0 Å². The van der Waals surface area contributed by atoms with Gasteiger partial charge in [0.05, 0.1) is 10.0 Å². The Morgan fingerprint density at radius 3 is 2.60 bits per heavy atom. The maximum atomic E-state index is 5.65. The van der Waals surface area contributed by atoms with E-state index >= 15 is 0 Å². The molecule has 0 fully saturated rings. The monoisotopic (exact) mass is 194 g/mol. The Labute approximate surface area is 74.1 Å². The van der Waals surface area contributed by atoms with Crippen molar-refractivity contribution in [3.63, 3.8) is 0 Å². The van der Waals surface area contributed by atoms with E-state index < -0.39 is 0 Å². The van der Waals surface area contributed by atoms with Crippen LogP contribution in [0.2, 0.25) is 10.0 Å². The van der Waals surface area contributed by atoms with Crippen molar-refractivity contribution >= 4 is 41.8 Å². The zero-order valence-electron chi connectivity index (χ0n) is 4.81. The van der Waals surface area contributed by atoms with Gasteiger partial charge in [-0.05, 0) is 0 Å². The smallest absolute Gasteiger partial charge is 0.137 e. The molecule has 1 N–H and O–H groups in total. The lowest BCUT2D eigenvalue weighted by atomic mass is 10.5. The highest BCUT2D eigenvalue weighted by Crippen LogP contribution is 2.22. The topological polar surface area (TPSA) is 24.9 Å². The summed E-state index contributed by atoms with van der Waals surface area (Å²) in [5.41, 5.74) is 0. The number of hydrogen-bond donors (Lipinski definition) is 2. The molecule has 10 heavy (non-hydrogen) atoms. The molecule has 0 saturated heterocycles. The van der Waals surface area contributed by atoms with Gasteiger partial charge in [0.1, 0.15) is 5.82 Å². The summed E-state index contributed by atoms with van der Waals surface area (Å²) in [5.74, 6) is 0.581. The lowest BCUT2D eigenvalue weighted by Gasteiger charge is -1.98. The van der Waals surface area contributed by atoms with Gasteiger partial charge in [-0.15, -0.1) is 0 Å². The van der Waals surface area contributed by atoms with Gasteiger partial charge in [0.15, 0.2) is 0 Å². The first-order chi connectivity index (χ1) is 4.74. The number of rotatable bonds is 1. The van der Waals surface area contributed by atoms with Crippen LogP contribution in [0.1, 0.15) is 0 Å². The normalized spacial score (nSPS) is 9.50. The summed E-state index contributed by atoms with van der Waals surface area (Å²) in [6.45, 7) is 0. The van der Waals surface area contributed by atoms with Gasteiger partial charge in [-0.1, -0.05) is 36.0 Å². The van der Waals surface area contributed by atoms with E-state index in [0.29, 0.717) is 15.9 Å². The first-order valence-corrected chi connectivity index (χ1v) is 3.65. The van der Waals surface area contributed by atoms with E-state index in [9.17, 15) is 0 Å². The number of nitrogens with one attached hydrogen (secondary N) is 1. The third kappa shape index (κ3) is 1.68. The maximum absolute atomic E-state index is 5.65. The number of anilines is 1. The summed E-state index contributed by atoms with van der Waals surface area (Å²) < 4.78 is 2.54. The summed E-state index contributed by atoms with van der Waals surface area (Å²) in [6.07, 6.45) is 1.46. The van der Waals surface area contributed by atoms with Crippen molar-refractivity contribution in [2.45, 2.75) is 0 Å². The molecule has 0 aliphatic carbocycles. The van der Waals surface area contributed by atoms with Crippen LogP contribution in [0, 0.1) is 0 Å². The van der Waals surface area contributed by atoms with Crippen molar-refractivity contribution in [1.82, 2.24) is 4.98 Å². The fraction of sp³-hybridized carbons (Fsp3) is 0. The number of hydrogen-bond acceptors (Lipinski definition) is 3. The molecule has 54 valence electrons. The number of thiol groups is 1. The molecule has 0 amide bonds. The molecule has 1 aromatic rings. The third-order valence-electron chi connectivity index (χ3n) is 0.923. The Morgan fingerprint density at radius 2 is 2.10 bits per heavy atom. The van der Waals surface area contributed by atoms with Gasteiger partial charge in [-0.25, -0.2) is 4.98 Å². The molecule has 0 aliphatic rings. The van der Waals surface area contributed by atoms with E-state index in [2.05, 4.69) is 22.5 Å². The van der Waals surface area contributed by atoms with Gasteiger partial charge in [-0.3, -0.25) is 0 Å². The second-order valence-corrected chi connectivity index (χ2v) is 2.63. The van der Waals surface area contributed by atoms with Crippen LogP contribution in [0.25, 0.3) is 0 Å². The quantitative estimate of drug-likeness (QED) is 0.673. The molecule has 2 nitrogen and oxygen atoms in total. The molecule has 0 bridgehead atoms. The molecule has 1 aromatic heterocycles. The van der Waals surface area contributed by atoms with Gasteiger partial charge in [0.25, 0.3) is 0 Å². The Bertz CT molecular complexity index is 241. The Kier molecular flexibility index (Phi) is 2.65. The summed E-state index contributed by atoms with van der Waals surface area (Å²) in [4.78, 5) is 3.85. The predicted octanol–water partition coefficient (Wildman–Crippen LogP) is 2.65. The fourth-order valence-corrected chi connectivity index (χ4v) is 0.853. The average molecular weight is 195 g/mol. The molecule has 0 aliphatic heterocycles. The minimum absolute atomic E-state index is 0.439. The van der Waals surface area contributed by atoms with Crippen molar-refractivity contribution in [3.05, 3.63) is 22.3 Å². The summed E-state index contributed by atoms with van der Waals surface area (Å²) in [5, 5.41) is 0.905. The van der Waals surface area contributed by atoms with Crippen LogP contribution in [0.5, 0.6) is 0 Å². The van der Waals surface area contributed by atoms with Crippen LogP contribution < -0.4 is 4.72 Å². The van der Waals surface area contributed by atoms with E-state index in [-0.39, 0.29) is 0 Å². The van der Waals surface area contributed by atoms with E-state index in [0.717, 1.165) is 0 Å².